The molecule has 0 amide bonds. The van der Waals surface area contributed by atoms with E-state index >= 15 is 0 Å². The first kappa shape index (κ1) is 18.0. The predicted molar refractivity (Wildman–Crippen MR) is 84.7 cm³/mol. The Labute approximate surface area is 117 Å². The molecule has 109 valence electrons. The SMILES string of the molecule is CCCCCCC(C)([C](C)C)C(C)(C)C(C)CC. The van der Waals surface area contributed by atoms with Crippen molar-refractivity contribution >= 4 is 0 Å². The molecule has 0 aliphatic carbocycles. The van der Waals surface area contributed by atoms with E-state index in [1.807, 2.05) is 0 Å². The Hall–Kier alpha value is 0. The summed E-state index contributed by atoms with van der Waals surface area (Å²) in [4.78, 5) is 0. The normalized spacial score (nSPS) is 17.8. The van der Waals surface area contributed by atoms with Crippen LogP contribution in [0.25, 0.3) is 0 Å². The summed E-state index contributed by atoms with van der Waals surface area (Å²) in [5.74, 6) is 2.40. The minimum atomic E-state index is 0.385. The molecule has 0 bridgehead atoms. The summed E-state index contributed by atoms with van der Waals surface area (Å²) in [6, 6.07) is 0. The standard InChI is InChI=1S/C18H37/c1-9-11-12-13-14-18(8,15(3)4)17(6,7)16(5)10-2/h16H,9-14H2,1-8H3. The quantitative estimate of drug-likeness (QED) is 0.403. The van der Waals surface area contributed by atoms with Crippen molar-refractivity contribution in [2.24, 2.45) is 16.7 Å². The maximum Gasteiger partial charge on any atom is -0.0215 e. The zero-order chi connectivity index (χ0) is 14.4. The van der Waals surface area contributed by atoms with Crippen LogP contribution in [-0.4, -0.2) is 0 Å². The molecule has 0 heterocycles. The second-order valence-corrected chi connectivity index (χ2v) is 7.17. The van der Waals surface area contributed by atoms with Crippen LogP contribution < -0.4 is 0 Å². The van der Waals surface area contributed by atoms with E-state index in [0.29, 0.717) is 10.8 Å². The lowest BCUT2D eigenvalue weighted by Gasteiger charge is -2.51. The van der Waals surface area contributed by atoms with Crippen molar-refractivity contribution in [3.05, 3.63) is 5.92 Å². The summed E-state index contributed by atoms with van der Waals surface area (Å²) >= 11 is 0. The van der Waals surface area contributed by atoms with E-state index in [-0.39, 0.29) is 0 Å². The number of hydrogen-bond acceptors (Lipinski definition) is 0. The van der Waals surface area contributed by atoms with Gasteiger partial charge in [0.2, 0.25) is 0 Å². The average Bonchev–Trinajstić information content (AvgIpc) is 2.32. The largest absolute Gasteiger partial charge is 0.0654 e. The molecule has 0 aromatic rings. The van der Waals surface area contributed by atoms with Crippen LogP contribution in [0.2, 0.25) is 0 Å². The summed E-state index contributed by atoms with van der Waals surface area (Å²) in [5, 5.41) is 0. The van der Waals surface area contributed by atoms with Gasteiger partial charge in [-0.05, 0) is 29.1 Å². The predicted octanol–water partition coefficient (Wildman–Crippen LogP) is 6.65. The van der Waals surface area contributed by atoms with Gasteiger partial charge in [0.15, 0.2) is 0 Å². The van der Waals surface area contributed by atoms with Gasteiger partial charge < -0.3 is 0 Å². The fourth-order valence-electron chi connectivity index (χ4n) is 3.18. The average molecular weight is 253 g/mol. The maximum absolute atomic E-state index is 2.50. The fourth-order valence-corrected chi connectivity index (χ4v) is 3.18. The lowest BCUT2D eigenvalue weighted by atomic mass is 9.54. The first-order valence-electron chi connectivity index (χ1n) is 8.04. The molecular formula is C18H37. The Morgan fingerprint density at radius 2 is 1.50 bits per heavy atom. The Morgan fingerprint density at radius 3 is 1.89 bits per heavy atom. The van der Waals surface area contributed by atoms with Crippen molar-refractivity contribution < 1.29 is 0 Å². The molecule has 18 heavy (non-hydrogen) atoms. The summed E-state index contributed by atoms with van der Waals surface area (Å²) in [6.45, 7) is 19.2. The van der Waals surface area contributed by atoms with Crippen LogP contribution >= 0.6 is 0 Å². The highest BCUT2D eigenvalue weighted by Gasteiger charge is 2.45. The lowest BCUT2D eigenvalue weighted by molar-refractivity contribution is 0.0323. The van der Waals surface area contributed by atoms with Crippen LogP contribution in [-0.2, 0) is 0 Å². The molecule has 0 fully saturated rings. The molecule has 0 N–H and O–H groups in total. The first-order valence-corrected chi connectivity index (χ1v) is 8.04. The zero-order valence-electron chi connectivity index (χ0n) is 14.3. The molecule has 0 aliphatic rings. The third kappa shape index (κ3) is 4.00. The van der Waals surface area contributed by atoms with Crippen LogP contribution in [0.4, 0.5) is 0 Å². The minimum absolute atomic E-state index is 0.385. The molecule has 0 saturated heterocycles. The van der Waals surface area contributed by atoms with Gasteiger partial charge in [-0.3, -0.25) is 0 Å². The molecule has 0 nitrogen and oxygen atoms in total. The molecule has 0 rings (SSSR count). The molecule has 0 heteroatoms. The summed E-state index contributed by atoms with van der Waals surface area (Å²) in [7, 11) is 0. The summed E-state index contributed by atoms with van der Waals surface area (Å²) in [6.07, 6.45) is 8.14. The molecular weight excluding hydrogens is 216 g/mol. The molecule has 0 spiro atoms. The molecule has 0 aliphatic heterocycles. The van der Waals surface area contributed by atoms with Crippen LogP contribution in [0.1, 0.15) is 93.9 Å². The highest BCUT2D eigenvalue weighted by Crippen LogP contribution is 2.54. The Bertz CT molecular complexity index is 214. The fraction of sp³-hybridized carbons (Fsp3) is 0.944. The van der Waals surface area contributed by atoms with Gasteiger partial charge >= 0.3 is 0 Å². The molecule has 0 saturated carbocycles. The number of unbranched alkanes of at least 4 members (excludes halogenated alkanes) is 3. The zero-order valence-corrected chi connectivity index (χ0v) is 14.3. The van der Waals surface area contributed by atoms with Crippen LogP contribution in [0.15, 0.2) is 0 Å². The van der Waals surface area contributed by atoms with Gasteiger partial charge in [0.05, 0.1) is 0 Å². The third-order valence-electron chi connectivity index (χ3n) is 5.90. The van der Waals surface area contributed by atoms with Crippen LogP contribution in [0, 0.1) is 22.7 Å². The second kappa shape index (κ2) is 7.56. The van der Waals surface area contributed by atoms with Gasteiger partial charge in [-0.25, -0.2) is 0 Å². The third-order valence-corrected chi connectivity index (χ3v) is 5.90. The Morgan fingerprint density at radius 1 is 0.944 bits per heavy atom. The summed E-state index contributed by atoms with van der Waals surface area (Å²) in [5.41, 5.74) is 0.781. The van der Waals surface area contributed by atoms with Crippen LogP contribution in [0.3, 0.4) is 0 Å². The van der Waals surface area contributed by atoms with E-state index < -0.39 is 0 Å². The number of rotatable bonds is 9. The highest BCUT2D eigenvalue weighted by molar-refractivity contribution is 5.07. The van der Waals surface area contributed by atoms with Crippen molar-refractivity contribution in [3.63, 3.8) is 0 Å². The highest BCUT2D eigenvalue weighted by atomic mass is 14.5. The van der Waals surface area contributed by atoms with Crippen molar-refractivity contribution in [2.75, 3.05) is 0 Å². The van der Waals surface area contributed by atoms with E-state index in [0.717, 1.165) is 5.92 Å². The molecule has 1 radical (unpaired) electrons. The van der Waals surface area contributed by atoms with E-state index in [1.165, 1.54) is 38.5 Å². The van der Waals surface area contributed by atoms with E-state index in [1.54, 1.807) is 5.92 Å². The molecule has 2 unspecified atom stereocenters. The monoisotopic (exact) mass is 253 g/mol. The maximum atomic E-state index is 2.50. The smallest absolute Gasteiger partial charge is 0.0215 e. The van der Waals surface area contributed by atoms with Crippen molar-refractivity contribution in [3.8, 4) is 0 Å². The molecule has 2 atom stereocenters. The van der Waals surface area contributed by atoms with Crippen molar-refractivity contribution in [1.29, 1.82) is 0 Å². The topological polar surface area (TPSA) is 0 Å². The Balaban J connectivity index is 4.79. The van der Waals surface area contributed by atoms with Gasteiger partial charge in [0.1, 0.15) is 0 Å². The molecule has 0 aromatic heterocycles. The van der Waals surface area contributed by atoms with Gasteiger partial charge in [-0.1, -0.05) is 87.5 Å². The number of hydrogen-bond donors (Lipinski definition) is 0. The van der Waals surface area contributed by atoms with Gasteiger partial charge in [-0.15, -0.1) is 0 Å². The molecule has 0 aromatic carbocycles. The van der Waals surface area contributed by atoms with Gasteiger partial charge in [0.25, 0.3) is 0 Å². The van der Waals surface area contributed by atoms with E-state index in [4.69, 9.17) is 0 Å². The van der Waals surface area contributed by atoms with Crippen molar-refractivity contribution in [2.45, 2.75) is 93.9 Å². The van der Waals surface area contributed by atoms with Crippen LogP contribution in [0.5, 0.6) is 0 Å². The van der Waals surface area contributed by atoms with Gasteiger partial charge in [-0.2, -0.15) is 0 Å². The second-order valence-electron chi connectivity index (χ2n) is 7.17. The van der Waals surface area contributed by atoms with E-state index in [9.17, 15) is 0 Å². The van der Waals surface area contributed by atoms with Gasteiger partial charge in [0, 0.05) is 0 Å². The van der Waals surface area contributed by atoms with Crippen molar-refractivity contribution in [1.82, 2.24) is 0 Å². The first-order chi connectivity index (χ1) is 8.24. The lowest BCUT2D eigenvalue weighted by Crippen LogP contribution is -2.43. The minimum Gasteiger partial charge on any atom is -0.0654 e. The van der Waals surface area contributed by atoms with E-state index in [2.05, 4.69) is 55.4 Å². The summed E-state index contributed by atoms with van der Waals surface area (Å²) < 4.78 is 0. The Kier molecular flexibility index (Phi) is 7.56.